The van der Waals surface area contributed by atoms with Crippen LogP contribution in [0.2, 0.25) is 0 Å². The highest BCUT2D eigenvalue weighted by Gasteiger charge is 2.11. The van der Waals surface area contributed by atoms with Crippen molar-refractivity contribution < 1.29 is 10.2 Å². The maximum Gasteiger partial charge on any atom is 0.0564 e. The number of rotatable bonds is 33. The number of aliphatic hydroxyl groups is 2. The average Bonchev–Trinajstić information content (AvgIpc) is 2.90. The molecule has 0 heterocycles. The topological polar surface area (TPSA) is 40.5 Å². The molecule has 2 heteroatoms. The van der Waals surface area contributed by atoms with Gasteiger partial charge in [0.25, 0.3) is 0 Å². The molecule has 2 N–H and O–H groups in total. The summed E-state index contributed by atoms with van der Waals surface area (Å²) in [7, 11) is 0. The molecule has 2 atom stereocenters. The Labute approximate surface area is 241 Å². The van der Waals surface area contributed by atoms with E-state index in [1.54, 1.807) is 0 Å². The van der Waals surface area contributed by atoms with Gasteiger partial charge in [-0.05, 0) is 19.3 Å². The van der Waals surface area contributed by atoms with Crippen LogP contribution in [0.4, 0.5) is 0 Å². The van der Waals surface area contributed by atoms with Gasteiger partial charge in [0.05, 0.1) is 12.2 Å². The number of unbranched alkanes of at least 4 members (excludes halogenated alkanes) is 27. The zero-order valence-electron chi connectivity index (χ0n) is 26.7. The van der Waals surface area contributed by atoms with Crippen LogP contribution >= 0.6 is 0 Å². The second kappa shape index (κ2) is 33.1. The summed E-state index contributed by atoms with van der Waals surface area (Å²) in [6.45, 7) is 4.49. The van der Waals surface area contributed by atoms with Gasteiger partial charge >= 0.3 is 0 Å². The molecule has 0 spiro atoms. The minimum absolute atomic E-state index is 0.305. The van der Waals surface area contributed by atoms with Gasteiger partial charge < -0.3 is 10.2 Å². The quantitative estimate of drug-likeness (QED) is 0.0815. The van der Waals surface area contributed by atoms with E-state index in [2.05, 4.69) is 13.8 Å². The summed E-state index contributed by atoms with van der Waals surface area (Å²) >= 11 is 0. The van der Waals surface area contributed by atoms with E-state index in [1.165, 1.54) is 173 Å². The fraction of sp³-hybridized carbons (Fsp3) is 1.00. The summed E-state index contributed by atoms with van der Waals surface area (Å²) in [5.74, 6) is 0. The average molecular weight is 539 g/mol. The molecule has 0 amide bonds. The molecule has 0 radical (unpaired) electrons. The molecule has 0 aliphatic carbocycles. The third-order valence-corrected chi connectivity index (χ3v) is 8.58. The Morgan fingerprint density at radius 2 is 0.474 bits per heavy atom. The fourth-order valence-corrected chi connectivity index (χ4v) is 5.88. The first-order valence-electron chi connectivity index (χ1n) is 18.1. The predicted molar refractivity (Wildman–Crippen MR) is 171 cm³/mol. The first-order valence-corrected chi connectivity index (χ1v) is 18.1. The van der Waals surface area contributed by atoms with Crippen molar-refractivity contribution in [3.8, 4) is 0 Å². The van der Waals surface area contributed by atoms with Gasteiger partial charge in [-0.25, -0.2) is 0 Å². The van der Waals surface area contributed by atoms with Gasteiger partial charge in [-0.15, -0.1) is 0 Å². The van der Waals surface area contributed by atoms with Crippen molar-refractivity contribution in [2.24, 2.45) is 0 Å². The fourth-order valence-electron chi connectivity index (χ4n) is 5.88. The van der Waals surface area contributed by atoms with Gasteiger partial charge in [0, 0.05) is 0 Å². The van der Waals surface area contributed by atoms with Gasteiger partial charge in [0.2, 0.25) is 0 Å². The molecular formula is C36H74O2. The number of hydrogen-bond acceptors (Lipinski definition) is 2. The lowest BCUT2D eigenvalue weighted by molar-refractivity contribution is 0.0681. The minimum Gasteiger partial charge on any atom is -0.393 e. The van der Waals surface area contributed by atoms with Crippen molar-refractivity contribution in [1.29, 1.82) is 0 Å². The molecule has 2 unspecified atom stereocenters. The van der Waals surface area contributed by atoms with E-state index in [0.29, 0.717) is 6.42 Å². The molecule has 0 aromatic heterocycles. The lowest BCUT2D eigenvalue weighted by atomic mass is 10.00. The highest BCUT2D eigenvalue weighted by Crippen LogP contribution is 2.17. The highest BCUT2D eigenvalue weighted by molar-refractivity contribution is 4.64. The Balaban J connectivity index is 3.13. The zero-order valence-corrected chi connectivity index (χ0v) is 26.7. The smallest absolute Gasteiger partial charge is 0.0564 e. The van der Waals surface area contributed by atoms with Crippen LogP contribution in [-0.2, 0) is 0 Å². The summed E-state index contributed by atoms with van der Waals surface area (Å²) in [5.41, 5.74) is 0. The molecule has 0 rings (SSSR count). The molecule has 38 heavy (non-hydrogen) atoms. The third-order valence-electron chi connectivity index (χ3n) is 8.58. The van der Waals surface area contributed by atoms with Crippen LogP contribution in [0.15, 0.2) is 0 Å². The van der Waals surface area contributed by atoms with Crippen LogP contribution in [0.5, 0.6) is 0 Å². The van der Waals surface area contributed by atoms with Crippen molar-refractivity contribution in [2.75, 3.05) is 0 Å². The molecule has 2 nitrogen and oxygen atoms in total. The van der Waals surface area contributed by atoms with E-state index in [4.69, 9.17) is 0 Å². The second-order valence-electron chi connectivity index (χ2n) is 12.7. The number of hydrogen-bond donors (Lipinski definition) is 2. The van der Waals surface area contributed by atoms with E-state index >= 15 is 0 Å². The largest absolute Gasteiger partial charge is 0.393 e. The van der Waals surface area contributed by atoms with Gasteiger partial charge in [-0.2, -0.15) is 0 Å². The summed E-state index contributed by atoms with van der Waals surface area (Å²) < 4.78 is 0. The predicted octanol–water partition coefficient (Wildman–Crippen LogP) is 12.2. The van der Waals surface area contributed by atoms with Gasteiger partial charge in [0.1, 0.15) is 0 Å². The molecule has 0 aliphatic heterocycles. The first-order chi connectivity index (χ1) is 18.7. The summed E-state index contributed by atoms with van der Waals surface area (Å²) in [5, 5.41) is 20.1. The molecule has 0 bridgehead atoms. The molecular weight excluding hydrogens is 464 g/mol. The van der Waals surface area contributed by atoms with Crippen LogP contribution in [-0.4, -0.2) is 22.4 Å². The Bertz CT molecular complexity index is 410. The Morgan fingerprint density at radius 1 is 0.289 bits per heavy atom. The zero-order chi connectivity index (χ0) is 27.8. The molecule has 0 aromatic carbocycles. The molecule has 0 aromatic rings. The van der Waals surface area contributed by atoms with E-state index in [-0.39, 0.29) is 12.2 Å². The van der Waals surface area contributed by atoms with Crippen LogP contribution in [0.1, 0.15) is 219 Å². The maximum atomic E-state index is 10.1. The van der Waals surface area contributed by atoms with E-state index in [0.717, 1.165) is 25.7 Å². The lowest BCUT2D eigenvalue weighted by Gasteiger charge is -2.15. The van der Waals surface area contributed by atoms with Gasteiger partial charge in [-0.1, -0.05) is 200 Å². The molecule has 0 saturated heterocycles. The van der Waals surface area contributed by atoms with Crippen LogP contribution in [0.25, 0.3) is 0 Å². The molecule has 0 fully saturated rings. The molecule has 230 valence electrons. The molecule has 0 saturated carbocycles. The highest BCUT2D eigenvalue weighted by atomic mass is 16.3. The standard InChI is InChI=1S/C36H74O2/c1-3-5-7-8-9-10-11-12-13-14-15-16-17-18-19-20-21-22-23-24-25-26-27-28-29-31-33-36(38)34-35(37)32-30-6-4-2/h35-38H,3-34H2,1-2H3. The van der Waals surface area contributed by atoms with E-state index in [1.807, 2.05) is 0 Å². The van der Waals surface area contributed by atoms with E-state index < -0.39 is 0 Å². The minimum atomic E-state index is -0.305. The lowest BCUT2D eigenvalue weighted by Crippen LogP contribution is -2.17. The maximum absolute atomic E-state index is 10.1. The van der Waals surface area contributed by atoms with Gasteiger partial charge in [0.15, 0.2) is 0 Å². The van der Waals surface area contributed by atoms with Crippen molar-refractivity contribution >= 4 is 0 Å². The second-order valence-corrected chi connectivity index (χ2v) is 12.7. The first kappa shape index (κ1) is 37.9. The van der Waals surface area contributed by atoms with E-state index in [9.17, 15) is 10.2 Å². The van der Waals surface area contributed by atoms with Crippen molar-refractivity contribution in [3.63, 3.8) is 0 Å². The van der Waals surface area contributed by atoms with Crippen LogP contribution < -0.4 is 0 Å². The van der Waals surface area contributed by atoms with Crippen molar-refractivity contribution in [3.05, 3.63) is 0 Å². The number of aliphatic hydroxyl groups excluding tert-OH is 2. The third kappa shape index (κ3) is 32.1. The van der Waals surface area contributed by atoms with Crippen molar-refractivity contribution in [2.45, 2.75) is 232 Å². The van der Waals surface area contributed by atoms with Crippen LogP contribution in [0, 0.1) is 0 Å². The summed E-state index contributed by atoms with van der Waals surface area (Å²) in [6, 6.07) is 0. The Kier molecular flexibility index (Phi) is 33.1. The Hall–Kier alpha value is -0.0800. The Morgan fingerprint density at radius 3 is 0.737 bits per heavy atom. The van der Waals surface area contributed by atoms with Crippen molar-refractivity contribution in [1.82, 2.24) is 0 Å². The van der Waals surface area contributed by atoms with Crippen LogP contribution in [0.3, 0.4) is 0 Å². The SMILES string of the molecule is CCCCCCCCCCCCCCCCCCCCCCCCCCCCC(O)CC(O)CCCCC. The molecule has 0 aliphatic rings. The monoisotopic (exact) mass is 539 g/mol. The summed E-state index contributed by atoms with van der Waals surface area (Å²) in [4.78, 5) is 0. The van der Waals surface area contributed by atoms with Gasteiger partial charge in [-0.3, -0.25) is 0 Å². The summed E-state index contributed by atoms with van der Waals surface area (Å²) in [6.07, 6.45) is 42.1. The normalized spacial score (nSPS) is 13.3.